The average Bonchev–Trinajstić information content (AvgIpc) is 3.31. The number of aryl methyl sites for hydroxylation is 1. The minimum Gasteiger partial charge on any atom is -0.486 e. The summed E-state index contributed by atoms with van der Waals surface area (Å²) in [5.41, 5.74) is 2.09. The number of fused-ring (bicyclic) bond motifs is 6. The summed E-state index contributed by atoms with van der Waals surface area (Å²) in [6.45, 7) is 5.79. The van der Waals surface area contributed by atoms with Gasteiger partial charge in [0.15, 0.2) is 15.6 Å². The third kappa shape index (κ3) is 6.40. The summed E-state index contributed by atoms with van der Waals surface area (Å²) in [7, 11) is -3.73. The molecule has 3 aliphatic rings. The van der Waals surface area contributed by atoms with Crippen LogP contribution in [0, 0.1) is 11.7 Å². The summed E-state index contributed by atoms with van der Waals surface area (Å²) in [5, 5.41) is 0.134. The lowest BCUT2D eigenvalue weighted by atomic mass is 9.90. The van der Waals surface area contributed by atoms with Crippen LogP contribution in [0.4, 0.5) is 4.39 Å². The van der Waals surface area contributed by atoms with Crippen molar-refractivity contribution in [3.63, 3.8) is 0 Å². The number of ether oxygens (including phenoxy) is 3. The van der Waals surface area contributed by atoms with Gasteiger partial charge in [0.1, 0.15) is 36.1 Å². The number of aromatic nitrogens is 1. The molecule has 1 aromatic heterocycles. The summed E-state index contributed by atoms with van der Waals surface area (Å²) in [6, 6.07) is 8.90. The van der Waals surface area contributed by atoms with Gasteiger partial charge in [0, 0.05) is 41.1 Å². The molecule has 1 fully saturated rings. The molecule has 6 rings (SSSR count). The molecule has 0 aliphatic carbocycles. The van der Waals surface area contributed by atoms with Crippen molar-refractivity contribution < 1.29 is 46.2 Å². The van der Waals surface area contributed by atoms with Gasteiger partial charge >= 0.3 is 11.9 Å². The molecule has 2 unspecified atom stereocenters. The number of sulfone groups is 1. The molecule has 4 heterocycles. The topological polar surface area (TPSA) is 149 Å². The zero-order chi connectivity index (χ0) is 33.8. The highest BCUT2D eigenvalue weighted by atomic mass is 32.2. The number of benzene rings is 2. The van der Waals surface area contributed by atoms with Gasteiger partial charge in [0.25, 0.3) is 0 Å². The Balaban J connectivity index is 1.16. The van der Waals surface area contributed by atoms with Crippen molar-refractivity contribution in [1.82, 2.24) is 9.88 Å². The quantitative estimate of drug-likeness (QED) is 0.268. The van der Waals surface area contributed by atoms with Crippen LogP contribution >= 0.6 is 11.8 Å². The van der Waals surface area contributed by atoms with E-state index in [0.717, 1.165) is 0 Å². The molecule has 2 aromatic carbocycles. The summed E-state index contributed by atoms with van der Waals surface area (Å²) >= 11 is 1.36. The molecule has 1 saturated heterocycles. The minimum absolute atomic E-state index is 0.0318. The Bertz CT molecular complexity index is 1980. The van der Waals surface area contributed by atoms with Crippen molar-refractivity contribution in [1.29, 1.82) is 0 Å². The van der Waals surface area contributed by atoms with Gasteiger partial charge in [-0.25, -0.2) is 17.6 Å². The van der Waals surface area contributed by atoms with E-state index in [0.29, 0.717) is 39.0 Å². The Labute approximate surface area is 274 Å². The number of hydrogen-bond donors (Lipinski definition) is 1. The fourth-order valence-corrected chi connectivity index (χ4v) is 8.90. The van der Waals surface area contributed by atoms with Crippen LogP contribution in [0.5, 0.6) is 5.75 Å². The number of hydrogen-bond acceptors (Lipinski definition) is 10. The summed E-state index contributed by atoms with van der Waals surface area (Å²) in [5.74, 6) is -2.88. The number of ketones is 1. The molecular weight excluding hydrogens is 652 g/mol. The van der Waals surface area contributed by atoms with E-state index in [-0.39, 0.29) is 47.3 Å². The van der Waals surface area contributed by atoms with Gasteiger partial charge in [-0.2, -0.15) is 0 Å². The summed E-state index contributed by atoms with van der Waals surface area (Å²) in [6.07, 6.45) is 0.0538. The van der Waals surface area contributed by atoms with Crippen LogP contribution in [-0.4, -0.2) is 77.6 Å². The molecule has 248 valence electrons. The number of halogens is 1. The smallest absolute Gasteiger partial charge is 0.355 e. The lowest BCUT2D eigenvalue weighted by Crippen LogP contribution is -2.62. The van der Waals surface area contributed by atoms with Crippen molar-refractivity contribution in [2.75, 3.05) is 24.7 Å². The number of carbonyl (C=O) groups is 4. The zero-order valence-corrected chi connectivity index (χ0v) is 27.8. The number of nitrogens with zero attached hydrogens (tertiary/aromatic N) is 1. The molecule has 3 aromatic rings. The van der Waals surface area contributed by atoms with Crippen LogP contribution in [0.2, 0.25) is 0 Å². The maximum absolute atomic E-state index is 14.0. The van der Waals surface area contributed by atoms with E-state index in [2.05, 4.69) is 4.98 Å². The molecule has 3 aliphatic heterocycles. The fraction of sp³-hybridized carbons (Fsp3) is 0.394. The van der Waals surface area contributed by atoms with Crippen LogP contribution in [0.15, 0.2) is 52.6 Å². The van der Waals surface area contributed by atoms with Gasteiger partial charge in [-0.1, -0.05) is 0 Å². The van der Waals surface area contributed by atoms with Crippen molar-refractivity contribution in [3.8, 4) is 17.0 Å². The summed E-state index contributed by atoms with van der Waals surface area (Å²) in [4.78, 5) is 55.4. The molecule has 47 heavy (non-hydrogen) atoms. The molecule has 11 nitrogen and oxygen atoms in total. The Morgan fingerprint density at radius 3 is 2.62 bits per heavy atom. The Hall–Kier alpha value is -4.17. The molecule has 1 amide bonds. The number of amides is 1. The van der Waals surface area contributed by atoms with Crippen LogP contribution in [0.3, 0.4) is 0 Å². The number of rotatable bonds is 8. The van der Waals surface area contributed by atoms with E-state index in [1.807, 2.05) is 0 Å². The van der Waals surface area contributed by atoms with Crippen molar-refractivity contribution in [3.05, 3.63) is 59.0 Å². The normalized spacial score (nSPS) is 20.0. The van der Waals surface area contributed by atoms with Gasteiger partial charge in [-0.05, 0) is 69.2 Å². The third-order valence-corrected chi connectivity index (χ3v) is 11.2. The lowest BCUT2D eigenvalue weighted by molar-refractivity contribution is -0.161. The Morgan fingerprint density at radius 1 is 1.13 bits per heavy atom. The fourth-order valence-electron chi connectivity index (χ4n) is 6.01. The van der Waals surface area contributed by atoms with E-state index >= 15 is 0 Å². The molecule has 0 radical (unpaired) electrons. The number of esters is 2. The standard InChI is InChI=1S/C33H33FN2O9S2/c1-17(37)43-14-18-16-46-31-25(30(39)36(31)29(18)32(40)45-33(2,3)4)12-20(38)15-44-21-6-7-23-27(13-21)47(41,42)10-9-22-24-11-19(34)5-8-26(24)35-28(22)23/h5-8,11,13,25,31,35H,9-10,12,14-16H2,1-4H3. The third-order valence-electron chi connectivity index (χ3n) is 8.09. The molecule has 0 saturated carbocycles. The minimum atomic E-state index is -3.73. The molecule has 1 N–H and O–H groups in total. The van der Waals surface area contributed by atoms with E-state index in [1.165, 1.54) is 41.8 Å². The molecule has 0 bridgehead atoms. The van der Waals surface area contributed by atoms with E-state index < -0.39 is 57.0 Å². The number of carbonyl (C=O) groups excluding carboxylic acids is 4. The number of β-lactam (4-membered cyclic amide) rings is 1. The zero-order valence-electron chi connectivity index (χ0n) is 26.2. The molecule has 14 heteroatoms. The predicted octanol–water partition coefficient (Wildman–Crippen LogP) is 4.33. The first-order valence-electron chi connectivity index (χ1n) is 15.0. The van der Waals surface area contributed by atoms with Gasteiger partial charge in [-0.15, -0.1) is 11.8 Å². The average molecular weight is 685 g/mol. The van der Waals surface area contributed by atoms with Crippen LogP contribution in [0.25, 0.3) is 22.2 Å². The SMILES string of the molecule is CC(=O)OCC1=C(C(=O)OC(C)(C)C)N2C(=O)C(CC(=O)COc3ccc4c(c3)S(=O)(=O)CCc3c-4[nH]c4ccc(F)cc34)C2SC1. The van der Waals surface area contributed by atoms with Gasteiger partial charge < -0.3 is 19.2 Å². The van der Waals surface area contributed by atoms with Gasteiger partial charge in [0.05, 0.1) is 27.6 Å². The molecule has 2 atom stereocenters. The molecule has 0 spiro atoms. The second-order valence-electron chi connectivity index (χ2n) is 12.7. The predicted molar refractivity (Wildman–Crippen MR) is 171 cm³/mol. The van der Waals surface area contributed by atoms with Crippen LogP contribution in [0.1, 0.15) is 39.7 Å². The van der Waals surface area contributed by atoms with E-state index in [9.17, 15) is 32.0 Å². The molecular formula is C33H33FN2O9S2. The second-order valence-corrected chi connectivity index (χ2v) is 15.9. The van der Waals surface area contributed by atoms with Crippen molar-refractivity contribution in [2.45, 2.75) is 56.4 Å². The first kappa shape index (κ1) is 32.8. The number of H-pyrrole nitrogens is 1. The number of aromatic amines is 1. The van der Waals surface area contributed by atoms with Crippen LogP contribution in [-0.2, 0) is 44.9 Å². The van der Waals surface area contributed by atoms with Crippen molar-refractivity contribution in [2.24, 2.45) is 5.92 Å². The first-order valence-corrected chi connectivity index (χ1v) is 17.7. The van der Waals surface area contributed by atoms with Gasteiger partial charge in [0.2, 0.25) is 5.91 Å². The van der Waals surface area contributed by atoms with Gasteiger partial charge in [-0.3, -0.25) is 19.3 Å². The largest absolute Gasteiger partial charge is 0.486 e. The number of nitrogens with one attached hydrogen (secondary N) is 1. The highest BCUT2D eigenvalue weighted by molar-refractivity contribution is 8.00. The number of thioether (sulfide) groups is 1. The lowest BCUT2D eigenvalue weighted by Gasteiger charge is -2.50. The monoisotopic (exact) mass is 684 g/mol. The Kier molecular flexibility index (Phi) is 8.45. The van der Waals surface area contributed by atoms with E-state index in [1.54, 1.807) is 39.0 Å². The summed E-state index contributed by atoms with van der Waals surface area (Å²) < 4.78 is 56.8. The maximum Gasteiger partial charge on any atom is 0.355 e. The highest BCUT2D eigenvalue weighted by Gasteiger charge is 2.54. The first-order chi connectivity index (χ1) is 22.1. The van der Waals surface area contributed by atoms with Crippen molar-refractivity contribution >= 4 is 56.1 Å². The Morgan fingerprint density at radius 2 is 1.89 bits per heavy atom. The van der Waals surface area contributed by atoms with E-state index in [4.69, 9.17) is 14.2 Å². The highest BCUT2D eigenvalue weighted by Crippen LogP contribution is 2.46. The van der Waals surface area contributed by atoms with Crippen LogP contribution < -0.4 is 4.74 Å². The second kappa shape index (κ2) is 12.1. The maximum atomic E-state index is 14.0. The number of Topliss-reactive ketones (excluding diaryl/α,β-unsaturated/α-hetero) is 1.